The lowest BCUT2D eigenvalue weighted by Crippen LogP contribution is -1.92. The first-order valence-electron chi connectivity index (χ1n) is 12.2. The van der Waals surface area contributed by atoms with E-state index in [2.05, 4.69) is 74.6 Å². The summed E-state index contributed by atoms with van der Waals surface area (Å²) in [5, 5.41) is 19.7. The molecule has 0 atom stereocenters. The second kappa shape index (κ2) is 6.27. The van der Waals surface area contributed by atoms with Crippen LogP contribution in [0.2, 0.25) is 0 Å². The summed E-state index contributed by atoms with van der Waals surface area (Å²) in [4.78, 5) is 12.3. The number of rotatable bonds is 0. The predicted molar refractivity (Wildman–Crippen MR) is 160 cm³/mol. The monoisotopic (exact) mass is 515 g/mol. The first kappa shape index (κ1) is 18.8. The second-order valence-electron chi connectivity index (χ2n) is 9.78. The Morgan fingerprint density at radius 2 is 1.06 bits per heavy atom. The lowest BCUT2D eigenvalue weighted by atomic mass is 9.87. The Bertz CT molecular complexity index is 2340. The summed E-state index contributed by atoms with van der Waals surface area (Å²) < 4.78 is 2.77. The molecule has 0 aliphatic carbocycles. The number of hydrogen-bond donors (Lipinski definition) is 3. The van der Waals surface area contributed by atoms with Crippen LogP contribution in [0.25, 0.3) is 85.2 Å². The maximum absolute atomic E-state index is 3.64. The van der Waals surface area contributed by atoms with Crippen molar-refractivity contribution in [1.29, 1.82) is 0 Å². The van der Waals surface area contributed by atoms with Gasteiger partial charge >= 0.3 is 0 Å². The molecule has 0 fully saturated rings. The van der Waals surface area contributed by atoms with E-state index in [-0.39, 0.29) is 0 Å². The van der Waals surface area contributed by atoms with Gasteiger partial charge in [0.05, 0.1) is 16.6 Å². The van der Waals surface area contributed by atoms with Crippen LogP contribution in [0.15, 0.2) is 64.6 Å². The van der Waals surface area contributed by atoms with Crippen molar-refractivity contribution >= 4 is 120 Å². The zero-order chi connectivity index (χ0) is 23.1. The molecule has 9 aromatic rings. The summed E-state index contributed by atoms with van der Waals surface area (Å²) in [6.45, 7) is 0. The number of H-pyrrole nitrogens is 3. The van der Waals surface area contributed by atoms with E-state index in [0.29, 0.717) is 0 Å². The van der Waals surface area contributed by atoms with Crippen molar-refractivity contribution in [2.24, 2.45) is 0 Å². The van der Waals surface area contributed by atoms with Gasteiger partial charge in [-0.3, -0.25) is 0 Å². The molecule has 10 rings (SSSR count). The topological polar surface area (TPSA) is 47.4 Å². The van der Waals surface area contributed by atoms with Crippen LogP contribution in [0.1, 0.15) is 5.56 Å². The van der Waals surface area contributed by atoms with Crippen LogP contribution in [0.3, 0.4) is 0 Å². The van der Waals surface area contributed by atoms with Crippen LogP contribution in [-0.4, -0.2) is 20.7 Å². The number of aromatic amines is 3. The molecule has 3 N–H and O–H groups in total. The molecule has 36 heavy (non-hydrogen) atoms. The zero-order valence-electron chi connectivity index (χ0n) is 18.9. The van der Waals surface area contributed by atoms with E-state index in [1.807, 2.05) is 34.4 Å². The molecule has 0 unspecified atom stereocenters. The predicted octanol–water partition coefficient (Wildman–Crippen LogP) is 9.67. The highest BCUT2D eigenvalue weighted by Gasteiger charge is 2.28. The first-order valence-corrected chi connectivity index (χ1v) is 14.9. The fourth-order valence-electron chi connectivity index (χ4n) is 6.98. The molecular formula is C30H17N3S3. The van der Waals surface area contributed by atoms with Crippen LogP contribution in [0, 0.1) is 0 Å². The number of aryl methyl sites for hydroxylation is 1. The normalized spacial score (nSPS) is 14.3. The molecule has 0 spiro atoms. The molecule has 0 bridgehead atoms. The lowest BCUT2D eigenvalue weighted by molar-refractivity contribution is 1.17. The lowest BCUT2D eigenvalue weighted by Gasteiger charge is -2.18. The standard InChI is InChI=1S/C30H17N3S3/c1-7-31-25-13(1)19-22(28-16(25)4-10-34-28)20-14-2-9-33-27(14)18-6-12-36-30(18)24(20)21-15-3-8-32-26(15)17-5-11-35-29(17)23(19)21/h1-5,7-11,31-33H,6,12H2. The Hall–Kier alpha value is -3.45. The highest BCUT2D eigenvalue weighted by Crippen LogP contribution is 2.55. The Morgan fingerprint density at radius 3 is 1.67 bits per heavy atom. The summed E-state index contributed by atoms with van der Waals surface area (Å²) in [5.74, 6) is 1.14. The minimum atomic E-state index is 1.12. The molecule has 170 valence electrons. The van der Waals surface area contributed by atoms with Gasteiger partial charge in [0.25, 0.3) is 0 Å². The van der Waals surface area contributed by atoms with E-state index >= 15 is 0 Å². The van der Waals surface area contributed by atoms with Crippen LogP contribution < -0.4 is 0 Å². The van der Waals surface area contributed by atoms with Gasteiger partial charge in [0, 0.05) is 97.9 Å². The minimum Gasteiger partial charge on any atom is -0.361 e. The van der Waals surface area contributed by atoms with Crippen LogP contribution >= 0.6 is 34.4 Å². The van der Waals surface area contributed by atoms with Gasteiger partial charge in [0.15, 0.2) is 0 Å². The highest BCUT2D eigenvalue weighted by atomic mass is 32.2. The van der Waals surface area contributed by atoms with E-state index in [1.165, 1.54) is 95.7 Å². The second-order valence-corrected chi connectivity index (χ2v) is 12.7. The third kappa shape index (κ3) is 1.96. The number of fused-ring (bicyclic) bond motifs is 21. The average molecular weight is 516 g/mol. The third-order valence-electron chi connectivity index (χ3n) is 8.27. The molecule has 6 heteroatoms. The molecule has 1 aliphatic heterocycles. The number of nitrogens with one attached hydrogen (secondary N) is 3. The fourth-order valence-corrected chi connectivity index (χ4v) is 10.1. The molecule has 0 saturated carbocycles. The van der Waals surface area contributed by atoms with Gasteiger partial charge in [-0.1, -0.05) is 0 Å². The van der Waals surface area contributed by atoms with Crippen LogP contribution in [-0.2, 0) is 6.42 Å². The summed E-state index contributed by atoms with van der Waals surface area (Å²) in [7, 11) is 0. The van der Waals surface area contributed by atoms with Crippen molar-refractivity contribution in [3.05, 3.63) is 65.2 Å². The molecular weight excluding hydrogens is 499 g/mol. The number of aromatic nitrogens is 3. The van der Waals surface area contributed by atoms with Gasteiger partial charge in [-0.05, 0) is 53.1 Å². The van der Waals surface area contributed by atoms with E-state index < -0.39 is 0 Å². The smallest absolute Gasteiger partial charge is 0.0548 e. The Labute approximate surface area is 216 Å². The number of benzene rings is 4. The SMILES string of the molecule is c1cc2c([nH]1)c1c(c3c2c2c4sccc4c4[nH]ccc4c2c2c4sccc4c4[nH]ccc4c32)SCC1. The molecule has 0 saturated heterocycles. The van der Waals surface area contributed by atoms with Gasteiger partial charge in [-0.15, -0.1) is 34.4 Å². The Kier molecular flexibility index (Phi) is 3.27. The largest absolute Gasteiger partial charge is 0.361 e. The van der Waals surface area contributed by atoms with Crippen molar-refractivity contribution in [2.75, 3.05) is 5.75 Å². The molecule has 5 aromatic heterocycles. The molecule has 0 amide bonds. The summed E-state index contributed by atoms with van der Waals surface area (Å²) in [6.07, 6.45) is 7.49. The van der Waals surface area contributed by atoms with Crippen molar-refractivity contribution in [1.82, 2.24) is 15.0 Å². The molecule has 0 radical (unpaired) electrons. The maximum atomic E-state index is 3.64. The number of thioether (sulfide) groups is 1. The number of thiophene rings is 2. The van der Waals surface area contributed by atoms with Crippen molar-refractivity contribution < 1.29 is 0 Å². The van der Waals surface area contributed by atoms with Gasteiger partial charge in [0.2, 0.25) is 0 Å². The van der Waals surface area contributed by atoms with E-state index in [1.54, 1.807) is 0 Å². The minimum absolute atomic E-state index is 1.12. The summed E-state index contributed by atoms with van der Waals surface area (Å²) in [5.41, 5.74) is 5.32. The van der Waals surface area contributed by atoms with Gasteiger partial charge in [-0.2, -0.15) is 0 Å². The van der Waals surface area contributed by atoms with Crippen LogP contribution in [0.4, 0.5) is 0 Å². The molecule has 4 aromatic carbocycles. The Balaban J connectivity index is 1.75. The number of hydrogen-bond acceptors (Lipinski definition) is 3. The quantitative estimate of drug-likeness (QED) is 0.173. The van der Waals surface area contributed by atoms with Gasteiger partial charge in [0.1, 0.15) is 0 Å². The van der Waals surface area contributed by atoms with E-state index in [4.69, 9.17) is 0 Å². The highest BCUT2D eigenvalue weighted by molar-refractivity contribution is 7.99. The Morgan fingerprint density at radius 1 is 0.528 bits per heavy atom. The summed E-state index contributed by atoms with van der Waals surface area (Å²) >= 11 is 5.79. The van der Waals surface area contributed by atoms with E-state index in [0.717, 1.165) is 12.2 Å². The third-order valence-corrected chi connectivity index (χ3v) is 11.3. The summed E-state index contributed by atoms with van der Waals surface area (Å²) in [6, 6.07) is 11.5. The molecule has 1 aliphatic rings. The van der Waals surface area contributed by atoms with Gasteiger partial charge in [-0.25, -0.2) is 0 Å². The van der Waals surface area contributed by atoms with Crippen LogP contribution in [0.5, 0.6) is 0 Å². The van der Waals surface area contributed by atoms with Gasteiger partial charge < -0.3 is 15.0 Å². The van der Waals surface area contributed by atoms with Crippen molar-refractivity contribution in [2.45, 2.75) is 11.3 Å². The first-order chi connectivity index (χ1) is 17.9. The molecule has 6 heterocycles. The maximum Gasteiger partial charge on any atom is 0.0548 e. The zero-order valence-corrected chi connectivity index (χ0v) is 21.4. The van der Waals surface area contributed by atoms with Crippen molar-refractivity contribution in [3.63, 3.8) is 0 Å². The van der Waals surface area contributed by atoms with E-state index in [9.17, 15) is 0 Å². The average Bonchev–Trinajstić information content (AvgIpc) is 3.73. The fraction of sp³-hybridized carbons (Fsp3) is 0.0667. The van der Waals surface area contributed by atoms with Crippen molar-refractivity contribution in [3.8, 4) is 0 Å². The molecule has 3 nitrogen and oxygen atoms in total.